The predicted molar refractivity (Wildman–Crippen MR) is 169 cm³/mol. The van der Waals surface area contributed by atoms with Gasteiger partial charge in [0.2, 0.25) is 5.88 Å². The van der Waals surface area contributed by atoms with Crippen LogP contribution in [-0.4, -0.2) is 65.4 Å². The maximum Gasteiger partial charge on any atom is 0.217 e. The Bertz CT molecular complexity index is 1310. The van der Waals surface area contributed by atoms with Gasteiger partial charge in [0.15, 0.2) is 11.6 Å². The minimum Gasteiger partial charge on any atom is -0.476 e. The average molecular weight is 590 g/mol. The maximum atomic E-state index is 14.2. The quantitative estimate of drug-likeness (QED) is 0.287. The molecular weight excluding hydrogens is 546 g/mol. The molecule has 9 nitrogen and oxygen atoms in total. The summed E-state index contributed by atoms with van der Waals surface area (Å²) in [6.07, 6.45) is 17.0. The van der Waals surface area contributed by atoms with Crippen LogP contribution in [-0.2, 0) is 4.79 Å². The first-order valence-electron chi connectivity index (χ1n) is 14.9. The summed E-state index contributed by atoms with van der Waals surface area (Å²) in [5, 5.41) is 12.9. The fraction of sp³-hybridized carbons (Fsp3) is 0.562. The van der Waals surface area contributed by atoms with Gasteiger partial charge in [-0.1, -0.05) is 19.4 Å². The highest BCUT2D eigenvalue weighted by atomic mass is 32.2. The van der Waals surface area contributed by atoms with Crippen LogP contribution in [0, 0.1) is 36.0 Å². The van der Waals surface area contributed by atoms with Crippen molar-refractivity contribution in [2.24, 2.45) is 23.3 Å². The first kappa shape index (κ1) is 31.8. The lowest BCUT2D eigenvalue weighted by atomic mass is 9.76. The lowest BCUT2D eigenvalue weighted by Crippen LogP contribution is -2.31. The van der Waals surface area contributed by atoms with Gasteiger partial charge in [-0.15, -0.1) is 24.6 Å². The lowest BCUT2D eigenvalue weighted by molar-refractivity contribution is -0.118. The van der Waals surface area contributed by atoms with Crippen molar-refractivity contribution >= 4 is 28.8 Å². The second-order valence-corrected chi connectivity index (χ2v) is 12.5. The zero-order chi connectivity index (χ0) is 30.2. The van der Waals surface area contributed by atoms with Crippen LogP contribution in [0.2, 0.25) is 0 Å². The number of nitrogens with zero attached hydrogens (tertiary/aromatic N) is 4. The molecule has 10 heteroatoms. The van der Waals surface area contributed by atoms with Gasteiger partial charge in [-0.25, -0.2) is 4.98 Å². The van der Waals surface area contributed by atoms with E-state index in [0.29, 0.717) is 48.5 Å². The molecule has 0 spiro atoms. The monoisotopic (exact) mass is 589 g/mol. The highest BCUT2D eigenvalue weighted by Crippen LogP contribution is 2.50. The molecule has 4 heterocycles. The molecule has 0 saturated carbocycles. The van der Waals surface area contributed by atoms with Gasteiger partial charge < -0.3 is 26.4 Å². The Kier molecular flexibility index (Phi) is 11.2. The number of rotatable bonds is 9. The Hall–Kier alpha value is -3.15. The van der Waals surface area contributed by atoms with E-state index >= 15 is 0 Å². The molecule has 3 aliphatic heterocycles. The smallest absolute Gasteiger partial charge is 0.217 e. The van der Waals surface area contributed by atoms with Gasteiger partial charge in [-0.3, -0.25) is 4.79 Å². The molecule has 224 valence electrons. The number of nitrogens with two attached hydrogens (primary N) is 2. The molecule has 1 fully saturated rings. The van der Waals surface area contributed by atoms with Crippen LogP contribution >= 0.6 is 11.8 Å². The van der Waals surface area contributed by atoms with Crippen LogP contribution in [0.1, 0.15) is 69.8 Å². The molecule has 0 radical (unpaired) electrons. The molecule has 2 unspecified atom stereocenters. The average Bonchev–Trinajstić information content (AvgIpc) is 3.60. The zero-order valence-corrected chi connectivity index (χ0v) is 25.6. The molecule has 5 N–H and O–H groups in total. The molecule has 0 amide bonds. The molecule has 1 aromatic rings. The maximum absolute atomic E-state index is 14.2. The Morgan fingerprint density at radius 2 is 2.10 bits per heavy atom. The van der Waals surface area contributed by atoms with Crippen LogP contribution in [0.25, 0.3) is 11.3 Å². The number of aromatic nitrogens is 2. The minimum atomic E-state index is -0.446. The van der Waals surface area contributed by atoms with Gasteiger partial charge in [0, 0.05) is 30.1 Å². The van der Waals surface area contributed by atoms with Crippen molar-refractivity contribution < 1.29 is 9.53 Å². The van der Waals surface area contributed by atoms with E-state index < -0.39 is 5.92 Å². The summed E-state index contributed by atoms with van der Waals surface area (Å²) in [5.74, 6) is -0.0252. The third kappa shape index (κ3) is 6.90. The summed E-state index contributed by atoms with van der Waals surface area (Å²) in [6.45, 7) is 5.31. The van der Waals surface area contributed by atoms with Crippen LogP contribution in [0.5, 0.6) is 5.88 Å². The van der Waals surface area contributed by atoms with Gasteiger partial charge >= 0.3 is 0 Å². The number of hydrogen-bond donors (Lipinski definition) is 3. The van der Waals surface area contributed by atoms with Crippen LogP contribution < -0.4 is 21.5 Å². The first-order chi connectivity index (χ1) is 20.4. The molecular formula is C32H43N7O2S. The Morgan fingerprint density at radius 3 is 2.76 bits per heavy atom. The predicted octanol–water partition coefficient (Wildman–Crippen LogP) is 3.84. The van der Waals surface area contributed by atoms with Gasteiger partial charge in [0.1, 0.15) is 6.61 Å². The molecule has 5 rings (SSSR count). The molecule has 0 bridgehead atoms. The number of thioether (sulfide) groups is 1. The summed E-state index contributed by atoms with van der Waals surface area (Å²) < 4.78 is 6.24. The van der Waals surface area contributed by atoms with Crippen molar-refractivity contribution in [1.29, 1.82) is 5.26 Å². The van der Waals surface area contributed by atoms with Crippen molar-refractivity contribution in [2.75, 3.05) is 33.3 Å². The second-order valence-electron chi connectivity index (χ2n) is 11.2. The largest absolute Gasteiger partial charge is 0.476 e. The van der Waals surface area contributed by atoms with E-state index in [1.54, 1.807) is 11.8 Å². The zero-order valence-electron chi connectivity index (χ0n) is 24.8. The summed E-state index contributed by atoms with van der Waals surface area (Å²) >= 11 is 1.55. The summed E-state index contributed by atoms with van der Waals surface area (Å²) in [7, 11) is 2.12. The number of terminal acetylenes is 1. The highest BCUT2D eigenvalue weighted by molar-refractivity contribution is 8.03. The number of carbonyl (C=O) groups is 1. The van der Waals surface area contributed by atoms with E-state index in [1.165, 1.54) is 0 Å². The third-order valence-electron chi connectivity index (χ3n) is 8.55. The number of nitriles is 1. The van der Waals surface area contributed by atoms with Crippen molar-refractivity contribution in [3.8, 4) is 24.8 Å². The highest BCUT2D eigenvalue weighted by Gasteiger charge is 2.42. The number of likely N-dealkylation sites (tertiary alicyclic amines) is 1. The van der Waals surface area contributed by atoms with Crippen molar-refractivity contribution in [2.45, 2.75) is 69.7 Å². The Balaban J connectivity index is 0.00000198. The number of hydrogen-bond acceptors (Lipinski definition) is 10. The standard InChI is InChI=1S/C30H41N7O2S.C2H2/c1-3-6-21(28(38)20-8-4-9-24-26(20)22(16-31)29(33)40-24)27(32)30-35-23(18-10-12-34-13-11-18)15-25(36-30)39-17-19-7-5-14-37(19)2;1-2/h10,15,19-20,22,29,34H,3-9,11-14,17,32-33H2,1-2H3;1-2H/b27-21-;/t19-,20-,22?,29?;/m0./s1. The van der Waals surface area contributed by atoms with E-state index in [-0.39, 0.29) is 17.1 Å². The topological polar surface area (TPSA) is 143 Å². The van der Waals surface area contributed by atoms with E-state index in [4.69, 9.17) is 26.2 Å². The van der Waals surface area contributed by atoms with E-state index in [2.05, 4.69) is 42.3 Å². The molecule has 0 aromatic carbocycles. The number of ketones is 1. The third-order valence-corrected chi connectivity index (χ3v) is 9.81. The SMILES string of the molecule is C#C.CCC/C(C(=O)[C@H]1CCCC2=C1C(C#N)C(N)S2)=C(/N)c1nc(OC[C@@H]2CCCN2C)cc(C2=CCNCC2)n1. The fourth-order valence-electron chi connectivity index (χ4n) is 6.30. The number of likely N-dealkylation sites (N-methyl/N-ethyl adjacent to an activating group) is 1. The van der Waals surface area contributed by atoms with Crippen LogP contribution in [0.15, 0.2) is 28.2 Å². The molecule has 1 aromatic heterocycles. The van der Waals surface area contributed by atoms with Gasteiger partial charge in [-0.2, -0.15) is 10.2 Å². The number of ether oxygens (including phenoxy) is 1. The molecule has 1 aliphatic carbocycles. The normalized spacial score (nSPS) is 26.3. The van der Waals surface area contributed by atoms with E-state index in [9.17, 15) is 10.1 Å². The van der Waals surface area contributed by atoms with Gasteiger partial charge in [-0.05, 0) is 81.1 Å². The number of Topliss-reactive ketones (excluding diaryl/α,β-unsaturated/α-hetero) is 1. The number of nitrogens with one attached hydrogen (secondary N) is 1. The number of carbonyl (C=O) groups excluding carboxylic acids is 1. The van der Waals surface area contributed by atoms with E-state index in [1.807, 2.05) is 13.0 Å². The summed E-state index contributed by atoms with van der Waals surface area (Å²) in [5.41, 5.74) is 16.8. The minimum absolute atomic E-state index is 0.0216. The number of allylic oxidation sites excluding steroid dienone is 2. The second kappa shape index (κ2) is 14.8. The van der Waals surface area contributed by atoms with Gasteiger partial charge in [0.05, 0.1) is 28.8 Å². The van der Waals surface area contributed by atoms with Gasteiger partial charge in [0.25, 0.3) is 0 Å². The van der Waals surface area contributed by atoms with Crippen molar-refractivity contribution in [1.82, 2.24) is 20.2 Å². The Labute approximate surface area is 254 Å². The van der Waals surface area contributed by atoms with Crippen LogP contribution in [0.4, 0.5) is 0 Å². The Morgan fingerprint density at radius 1 is 1.29 bits per heavy atom. The van der Waals surface area contributed by atoms with E-state index in [0.717, 1.165) is 79.9 Å². The molecule has 4 aliphatic rings. The summed E-state index contributed by atoms with van der Waals surface area (Å²) in [6, 6.07) is 4.61. The van der Waals surface area contributed by atoms with Crippen molar-refractivity contribution in [3.63, 3.8) is 0 Å². The molecule has 1 saturated heterocycles. The van der Waals surface area contributed by atoms with Crippen LogP contribution in [0.3, 0.4) is 0 Å². The van der Waals surface area contributed by atoms with Crippen molar-refractivity contribution in [3.05, 3.63) is 39.7 Å². The molecule has 42 heavy (non-hydrogen) atoms. The lowest BCUT2D eigenvalue weighted by Gasteiger charge is -2.26. The fourth-order valence-corrected chi connectivity index (χ4v) is 7.64. The first-order valence-corrected chi connectivity index (χ1v) is 15.8. The molecule has 4 atom stereocenters. The summed E-state index contributed by atoms with van der Waals surface area (Å²) in [4.78, 5) is 27.2.